The molecule has 0 aliphatic rings. The van der Waals surface area contributed by atoms with Gasteiger partial charge in [-0.05, 0) is 6.92 Å². The largest absolute Gasteiger partial charge is 0.392 e. The van der Waals surface area contributed by atoms with Gasteiger partial charge in [-0.1, -0.05) is 0 Å². The summed E-state index contributed by atoms with van der Waals surface area (Å²) in [5, 5.41) is 0. The van der Waals surface area contributed by atoms with E-state index in [1.54, 1.807) is 6.92 Å². The van der Waals surface area contributed by atoms with Gasteiger partial charge < -0.3 is 10.5 Å². The molecular weight excluding hydrogens is 158 g/mol. The number of ether oxygens (including phenoxy) is 1. The lowest BCUT2D eigenvalue weighted by Gasteiger charge is -2.04. The van der Waals surface area contributed by atoms with E-state index in [1.165, 1.54) is 0 Å². The molecule has 0 aliphatic heterocycles. The summed E-state index contributed by atoms with van der Waals surface area (Å²) in [6, 6.07) is -0.832. The molecule has 0 saturated carbocycles. The minimum Gasteiger partial charge on any atom is -0.392 e. The molecule has 0 aromatic heterocycles. The standard InChI is InChI=1S/C8H11NO3/c1-3-4-5-7(9)8(11)12-6(2)10/h7H,5,9H2,1-2H3. The summed E-state index contributed by atoms with van der Waals surface area (Å²) in [7, 11) is 0. The number of hydrogen-bond donors (Lipinski definition) is 1. The summed E-state index contributed by atoms with van der Waals surface area (Å²) >= 11 is 0. The van der Waals surface area contributed by atoms with E-state index in [4.69, 9.17) is 5.73 Å². The second-order valence-electron chi connectivity index (χ2n) is 2.15. The van der Waals surface area contributed by atoms with E-state index in [0.717, 1.165) is 6.92 Å². The van der Waals surface area contributed by atoms with Crippen LogP contribution in [0.2, 0.25) is 0 Å². The highest BCUT2D eigenvalue weighted by Gasteiger charge is 2.15. The molecule has 12 heavy (non-hydrogen) atoms. The molecule has 66 valence electrons. The summed E-state index contributed by atoms with van der Waals surface area (Å²) in [5.41, 5.74) is 5.32. The van der Waals surface area contributed by atoms with E-state index in [2.05, 4.69) is 16.6 Å². The minimum absolute atomic E-state index is 0.211. The molecule has 4 nitrogen and oxygen atoms in total. The third-order valence-electron chi connectivity index (χ3n) is 1.05. The Hall–Kier alpha value is -1.34. The van der Waals surface area contributed by atoms with E-state index in [1.807, 2.05) is 0 Å². The van der Waals surface area contributed by atoms with Gasteiger partial charge in [-0.3, -0.25) is 4.79 Å². The molecule has 0 rings (SSSR count). The van der Waals surface area contributed by atoms with Crippen molar-refractivity contribution in [2.45, 2.75) is 26.3 Å². The first kappa shape index (κ1) is 10.7. The maximum atomic E-state index is 10.8. The molecule has 0 bridgehead atoms. The smallest absolute Gasteiger partial charge is 0.331 e. The lowest BCUT2D eigenvalue weighted by molar-refractivity contribution is -0.158. The highest BCUT2D eigenvalue weighted by Crippen LogP contribution is 1.91. The Bertz CT molecular complexity index is 236. The Morgan fingerprint density at radius 3 is 2.58 bits per heavy atom. The topological polar surface area (TPSA) is 69.4 Å². The van der Waals surface area contributed by atoms with Crippen LogP contribution in [0, 0.1) is 11.8 Å². The molecule has 0 radical (unpaired) electrons. The van der Waals surface area contributed by atoms with Crippen LogP contribution in [0.4, 0.5) is 0 Å². The molecule has 0 aromatic rings. The quantitative estimate of drug-likeness (QED) is 0.353. The maximum absolute atomic E-state index is 10.8. The van der Waals surface area contributed by atoms with Crippen LogP contribution in [-0.4, -0.2) is 18.0 Å². The van der Waals surface area contributed by atoms with Gasteiger partial charge in [0.15, 0.2) is 0 Å². The van der Waals surface area contributed by atoms with Crippen molar-refractivity contribution in [2.75, 3.05) is 0 Å². The Morgan fingerprint density at radius 2 is 2.17 bits per heavy atom. The lowest BCUT2D eigenvalue weighted by Crippen LogP contribution is -2.32. The fourth-order valence-corrected chi connectivity index (χ4v) is 0.513. The minimum atomic E-state index is -0.832. The zero-order valence-corrected chi connectivity index (χ0v) is 7.09. The van der Waals surface area contributed by atoms with Gasteiger partial charge in [0, 0.05) is 13.3 Å². The first-order valence-electron chi connectivity index (χ1n) is 3.45. The van der Waals surface area contributed by atoms with Crippen LogP contribution < -0.4 is 5.73 Å². The van der Waals surface area contributed by atoms with Crippen LogP contribution in [0.5, 0.6) is 0 Å². The Labute approximate surface area is 71.1 Å². The van der Waals surface area contributed by atoms with Gasteiger partial charge in [-0.2, -0.15) is 0 Å². The number of carbonyl (C=O) groups excluding carboxylic acids is 2. The number of carbonyl (C=O) groups is 2. The second kappa shape index (κ2) is 5.33. The molecule has 2 N–H and O–H groups in total. The number of hydrogen-bond acceptors (Lipinski definition) is 4. The van der Waals surface area contributed by atoms with E-state index < -0.39 is 18.0 Å². The van der Waals surface area contributed by atoms with Crippen LogP contribution in [0.1, 0.15) is 20.3 Å². The fraction of sp³-hybridized carbons (Fsp3) is 0.500. The van der Waals surface area contributed by atoms with E-state index in [9.17, 15) is 9.59 Å². The zero-order valence-electron chi connectivity index (χ0n) is 7.09. The average molecular weight is 169 g/mol. The molecule has 0 spiro atoms. The maximum Gasteiger partial charge on any atom is 0.331 e. The predicted octanol–water partition coefficient (Wildman–Crippen LogP) is -0.183. The fourth-order valence-electron chi connectivity index (χ4n) is 0.513. The van der Waals surface area contributed by atoms with E-state index >= 15 is 0 Å². The molecule has 0 aliphatic carbocycles. The van der Waals surface area contributed by atoms with Crippen LogP contribution in [0.15, 0.2) is 0 Å². The number of nitrogens with two attached hydrogens (primary N) is 1. The molecule has 1 unspecified atom stereocenters. The van der Waals surface area contributed by atoms with Crippen molar-refractivity contribution in [3.8, 4) is 11.8 Å². The molecule has 1 atom stereocenters. The third kappa shape index (κ3) is 4.47. The molecule has 0 fully saturated rings. The zero-order chi connectivity index (χ0) is 9.56. The van der Waals surface area contributed by atoms with Crippen molar-refractivity contribution in [1.82, 2.24) is 0 Å². The van der Waals surface area contributed by atoms with Crippen LogP contribution in [0.25, 0.3) is 0 Å². The molecule has 4 heteroatoms. The lowest BCUT2D eigenvalue weighted by atomic mass is 10.2. The van der Waals surface area contributed by atoms with Gasteiger partial charge in [0.25, 0.3) is 0 Å². The van der Waals surface area contributed by atoms with Crippen LogP contribution in [-0.2, 0) is 14.3 Å². The molecule has 0 amide bonds. The summed E-state index contributed by atoms with van der Waals surface area (Å²) in [6.07, 6.45) is 0.211. The number of esters is 2. The summed E-state index contributed by atoms with van der Waals surface area (Å²) in [4.78, 5) is 21.1. The van der Waals surface area contributed by atoms with Gasteiger partial charge in [-0.25, -0.2) is 4.79 Å². The molecule has 0 heterocycles. The van der Waals surface area contributed by atoms with Crippen molar-refractivity contribution in [2.24, 2.45) is 5.73 Å². The monoisotopic (exact) mass is 169 g/mol. The first-order valence-corrected chi connectivity index (χ1v) is 3.45. The first-order chi connectivity index (χ1) is 5.57. The molecule has 0 aromatic carbocycles. The van der Waals surface area contributed by atoms with Gasteiger partial charge in [0.2, 0.25) is 0 Å². The average Bonchev–Trinajstić information content (AvgIpc) is 1.98. The Kier molecular flexibility index (Phi) is 4.73. The SMILES string of the molecule is CC#CCC(N)C(=O)OC(C)=O. The summed E-state index contributed by atoms with van der Waals surface area (Å²) in [5.74, 6) is 3.82. The van der Waals surface area contributed by atoms with Gasteiger partial charge >= 0.3 is 11.9 Å². The van der Waals surface area contributed by atoms with Gasteiger partial charge in [0.1, 0.15) is 6.04 Å². The normalized spacial score (nSPS) is 10.9. The van der Waals surface area contributed by atoms with Crippen molar-refractivity contribution in [1.29, 1.82) is 0 Å². The number of rotatable bonds is 2. The van der Waals surface area contributed by atoms with Crippen molar-refractivity contribution >= 4 is 11.9 Å². The Morgan fingerprint density at radius 1 is 1.58 bits per heavy atom. The van der Waals surface area contributed by atoms with E-state index in [-0.39, 0.29) is 6.42 Å². The highest BCUT2D eigenvalue weighted by atomic mass is 16.6. The van der Waals surface area contributed by atoms with Crippen LogP contribution >= 0.6 is 0 Å². The molecular formula is C8H11NO3. The van der Waals surface area contributed by atoms with Crippen LogP contribution in [0.3, 0.4) is 0 Å². The van der Waals surface area contributed by atoms with E-state index in [0.29, 0.717) is 0 Å². The van der Waals surface area contributed by atoms with Gasteiger partial charge in [-0.15, -0.1) is 11.8 Å². The second-order valence-corrected chi connectivity index (χ2v) is 2.15. The van der Waals surface area contributed by atoms with Gasteiger partial charge in [0.05, 0.1) is 0 Å². The molecule has 0 saturated heterocycles. The summed E-state index contributed by atoms with van der Waals surface area (Å²) < 4.78 is 4.24. The summed E-state index contributed by atoms with van der Waals surface area (Å²) in [6.45, 7) is 2.79. The van der Waals surface area contributed by atoms with Crippen molar-refractivity contribution < 1.29 is 14.3 Å². The predicted molar refractivity (Wildman–Crippen MR) is 42.8 cm³/mol. The van der Waals surface area contributed by atoms with Crippen molar-refractivity contribution in [3.63, 3.8) is 0 Å². The van der Waals surface area contributed by atoms with Crippen molar-refractivity contribution in [3.05, 3.63) is 0 Å². The third-order valence-corrected chi connectivity index (χ3v) is 1.05. The Balaban J connectivity index is 3.90. The highest BCUT2D eigenvalue weighted by molar-refractivity contribution is 5.87.